The number of hydrogen-bond acceptors (Lipinski definition) is 4. The zero-order valence-electron chi connectivity index (χ0n) is 5.99. The van der Waals surface area contributed by atoms with Crippen LogP contribution >= 0.6 is 0 Å². The van der Waals surface area contributed by atoms with E-state index in [1.807, 2.05) is 4.90 Å². The van der Waals surface area contributed by atoms with Crippen molar-refractivity contribution in [2.45, 2.75) is 0 Å². The van der Waals surface area contributed by atoms with Crippen molar-refractivity contribution < 1.29 is 5.11 Å². The lowest BCUT2D eigenvalue weighted by Gasteiger charge is -2.27. The Labute approximate surface area is 64.5 Å². The summed E-state index contributed by atoms with van der Waals surface area (Å²) in [5.41, 5.74) is 0.797. The van der Waals surface area contributed by atoms with Crippen molar-refractivity contribution in [1.82, 2.24) is 10.2 Å². The molecule has 58 valence electrons. The Hall–Kier alpha value is -1.45. The summed E-state index contributed by atoms with van der Waals surface area (Å²) in [5, 5.41) is 12.3. The van der Waals surface area contributed by atoms with Gasteiger partial charge in [-0.15, -0.1) is 0 Å². The first kappa shape index (κ1) is 6.27. The molecule has 0 saturated heterocycles. The molecule has 0 amide bonds. The van der Waals surface area contributed by atoms with Crippen LogP contribution in [0, 0.1) is 0 Å². The number of aliphatic hydroxyl groups is 1. The molecule has 0 radical (unpaired) electrons. The lowest BCUT2D eigenvalue weighted by Crippen LogP contribution is -2.36. The van der Waals surface area contributed by atoms with Crippen molar-refractivity contribution in [3.63, 3.8) is 0 Å². The van der Waals surface area contributed by atoms with Crippen LogP contribution in [0.4, 0.5) is 0 Å². The molecule has 2 rings (SSSR count). The third-order valence-electron chi connectivity index (χ3n) is 1.71. The summed E-state index contributed by atoms with van der Waals surface area (Å²) in [5.74, 6) is 0.222. The van der Waals surface area contributed by atoms with Crippen LogP contribution in [0.25, 0.3) is 0 Å². The average molecular weight is 151 g/mol. The number of aliphatic imine (C=N–C) groups is 1. The molecule has 0 saturated carbocycles. The van der Waals surface area contributed by atoms with Crippen LogP contribution in [0.5, 0.6) is 0 Å². The second-order valence-electron chi connectivity index (χ2n) is 2.46. The molecule has 0 bridgehead atoms. The predicted molar refractivity (Wildman–Crippen MR) is 42.0 cm³/mol. The molecular weight excluding hydrogens is 142 g/mol. The number of nitrogens with one attached hydrogen (secondary N) is 1. The third-order valence-corrected chi connectivity index (χ3v) is 1.71. The van der Waals surface area contributed by atoms with Crippen molar-refractivity contribution in [1.29, 1.82) is 0 Å². The normalized spacial score (nSPS) is 21.6. The summed E-state index contributed by atoms with van der Waals surface area (Å²) in [7, 11) is 0. The summed E-state index contributed by atoms with van der Waals surface area (Å²) in [6.07, 6.45) is 4.95. The van der Waals surface area contributed by atoms with E-state index in [2.05, 4.69) is 10.3 Å². The minimum absolute atomic E-state index is 0.222. The van der Waals surface area contributed by atoms with Crippen LogP contribution in [0.3, 0.4) is 0 Å². The van der Waals surface area contributed by atoms with Crippen molar-refractivity contribution in [3.8, 4) is 0 Å². The molecule has 0 aromatic heterocycles. The quantitative estimate of drug-likeness (QED) is 0.519. The standard InChI is InChI=1S/C7H9N3O/c11-7-4-9-5-10-2-1-8-3-6(7)10/h3-5,8,11H,1-2H2. The Morgan fingerprint density at radius 2 is 2.55 bits per heavy atom. The molecule has 0 aromatic carbocycles. The van der Waals surface area contributed by atoms with Crippen molar-refractivity contribution in [3.05, 3.63) is 23.9 Å². The Morgan fingerprint density at radius 1 is 1.64 bits per heavy atom. The molecule has 11 heavy (non-hydrogen) atoms. The molecule has 2 heterocycles. The predicted octanol–water partition coefficient (Wildman–Crippen LogP) is 0.174. The maximum Gasteiger partial charge on any atom is 0.159 e. The molecule has 0 fully saturated rings. The second-order valence-corrected chi connectivity index (χ2v) is 2.46. The van der Waals surface area contributed by atoms with Gasteiger partial charge in [0, 0.05) is 19.3 Å². The van der Waals surface area contributed by atoms with Gasteiger partial charge in [-0.3, -0.25) is 0 Å². The van der Waals surface area contributed by atoms with Crippen LogP contribution in [0.15, 0.2) is 28.8 Å². The molecule has 2 aliphatic heterocycles. The van der Waals surface area contributed by atoms with Gasteiger partial charge in [0.15, 0.2) is 5.76 Å². The topological polar surface area (TPSA) is 47.9 Å². The maximum atomic E-state index is 9.30. The molecule has 0 atom stereocenters. The van der Waals surface area contributed by atoms with E-state index >= 15 is 0 Å². The van der Waals surface area contributed by atoms with Gasteiger partial charge >= 0.3 is 0 Å². The van der Waals surface area contributed by atoms with Gasteiger partial charge < -0.3 is 15.3 Å². The van der Waals surface area contributed by atoms with E-state index in [4.69, 9.17) is 0 Å². The lowest BCUT2D eigenvalue weighted by molar-refractivity contribution is 0.364. The highest BCUT2D eigenvalue weighted by Gasteiger charge is 2.16. The monoisotopic (exact) mass is 151 g/mol. The fourth-order valence-electron chi connectivity index (χ4n) is 1.15. The van der Waals surface area contributed by atoms with Gasteiger partial charge in [0.05, 0.1) is 12.5 Å². The molecule has 2 N–H and O–H groups in total. The van der Waals surface area contributed by atoms with Gasteiger partial charge in [-0.1, -0.05) is 0 Å². The Balaban J connectivity index is 2.34. The van der Waals surface area contributed by atoms with E-state index in [1.54, 1.807) is 12.5 Å². The zero-order valence-corrected chi connectivity index (χ0v) is 5.99. The maximum absolute atomic E-state index is 9.30. The summed E-state index contributed by atoms with van der Waals surface area (Å²) in [6.45, 7) is 1.75. The highest BCUT2D eigenvalue weighted by molar-refractivity contribution is 5.63. The molecule has 4 heteroatoms. The average Bonchev–Trinajstić information content (AvgIpc) is 2.06. The molecule has 2 aliphatic rings. The molecule has 0 aromatic rings. The molecule has 0 unspecified atom stereocenters. The lowest BCUT2D eigenvalue weighted by atomic mass is 10.3. The van der Waals surface area contributed by atoms with Gasteiger partial charge in [0.1, 0.15) is 5.70 Å². The van der Waals surface area contributed by atoms with Crippen LogP contribution in [0.1, 0.15) is 0 Å². The second kappa shape index (κ2) is 2.30. The van der Waals surface area contributed by atoms with Crippen LogP contribution < -0.4 is 5.32 Å². The Kier molecular flexibility index (Phi) is 1.31. The largest absolute Gasteiger partial charge is 0.504 e. The van der Waals surface area contributed by atoms with Gasteiger partial charge in [-0.05, 0) is 0 Å². The molecule has 0 aliphatic carbocycles. The van der Waals surface area contributed by atoms with E-state index in [0.717, 1.165) is 18.8 Å². The minimum atomic E-state index is 0.222. The van der Waals surface area contributed by atoms with Gasteiger partial charge in [0.25, 0.3) is 0 Å². The first-order valence-electron chi connectivity index (χ1n) is 3.51. The minimum Gasteiger partial charge on any atom is -0.504 e. The summed E-state index contributed by atoms with van der Waals surface area (Å²) < 4.78 is 0. The molecule has 0 spiro atoms. The van der Waals surface area contributed by atoms with E-state index in [-0.39, 0.29) is 5.76 Å². The smallest absolute Gasteiger partial charge is 0.159 e. The van der Waals surface area contributed by atoms with E-state index in [0.29, 0.717) is 0 Å². The number of fused-ring (bicyclic) bond motifs is 1. The van der Waals surface area contributed by atoms with Crippen molar-refractivity contribution in [2.24, 2.45) is 4.99 Å². The zero-order chi connectivity index (χ0) is 7.68. The number of nitrogens with zero attached hydrogens (tertiary/aromatic N) is 2. The first-order chi connectivity index (χ1) is 5.38. The fourth-order valence-corrected chi connectivity index (χ4v) is 1.15. The van der Waals surface area contributed by atoms with Gasteiger partial charge in [-0.2, -0.15) is 0 Å². The van der Waals surface area contributed by atoms with Crippen LogP contribution in [0.2, 0.25) is 0 Å². The summed E-state index contributed by atoms with van der Waals surface area (Å²) in [6, 6.07) is 0. The van der Waals surface area contributed by atoms with Crippen molar-refractivity contribution >= 4 is 6.34 Å². The Morgan fingerprint density at radius 3 is 3.36 bits per heavy atom. The number of aliphatic hydroxyl groups excluding tert-OH is 1. The molecule has 4 nitrogen and oxygen atoms in total. The number of hydrogen-bond donors (Lipinski definition) is 2. The first-order valence-corrected chi connectivity index (χ1v) is 3.51. The van der Waals surface area contributed by atoms with Crippen LogP contribution in [-0.4, -0.2) is 29.4 Å². The fraction of sp³-hybridized carbons (Fsp3) is 0.286. The van der Waals surface area contributed by atoms with E-state index in [1.165, 1.54) is 6.20 Å². The van der Waals surface area contributed by atoms with Gasteiger partial charge in [-0.25, -0.2) is 4.99 Å². The SMILES string of the molecule is OC1=CN=CN2CCNC=C12. The van der Waals surface area contributed by atoms with Crippen molar-refractivity contribution in [2.75, 3.05) is 13.1 Å². The van der Waals surface area contributed by atoms with Crippen LogP contribution in [-0.2, 0) is 0 Å². The highest BCUT2D eigenvalue weighted by Crippen LogP contribution is 2.15. The van der Waals surface area contributed by atoms with Gasteiger partial charge in [0.2, 0.25) is 0 Å². The summed E-state index contributed by atoms with van der Waals surface area (Å²) in [4.78, 5) is 5.77. The van der Waals surface area contributed by atoms with E-state index in [9.17, 15) is 5.11 Å². The highest BCUT2D eigenvalue weighted by atomic mass is 16.3. The Bertz CT molecular complexity index is 254. The summed E-state index contributed by atoms with van der Waals surface area (Å²) >= 11 is 0. The van der Waals surface area contributed by atoms with E-state index < -0.39 is 0 Å². The molecular formula is C7H9N3O. The number of rotatable bonds is 0. The third kappa shape index (κ3) is 0.960.